The summed E-state index contributed by atoms with van der Waals surface area (Å²) in [6, 6.07) is 53.9. The lowest BCUT2D eigenvalue weighted by Crippen LogP contribution is -2.08. The molecule has 0 unspecified atom stereocenters. The molecule has 0 fully saturated rings. The van der Waals surface area contributed by atoms with Crippen molar-refractivity contribution in [1.29, 1.82) is 0 Å². The van der Waals surface area contributed by atoms with E-state index >= 15 is 0 Å². The predicted octanol–water partition coefficient (Wildman–Crippen LogP) is 14.1. The van der Waals surface area contributed by atoms with E-state index in [-0.39, 0.29) is 0 Å². The van der Waals surface area contributed by atoms with Crippen LogP contribution in [0.4, 0.5) is 0 Å². The zero-order valence-corrected chi connectivity index (χ0v) is 37.8. The van der Waals surface area contributed by atoms with Gasteiger partial charge in [0.05, 0.1) is 78.6 Å². The minimum atomic E-state index is 0.615. The Bertz CT molecular complexity index is 4590. The summed E-state index contributed by atoms with van der Waals surface area (Å²) < 4.78 is 18.0. The topological polar surface area (TPSA) is 139 Å². The lowest BCUT2D eigenvalue weighted by molar-refractivity contribution is 0.594. The van der Waals surface area contributed by atoms with Crippen LogP contribution in [0, 0.1) is 0 Å². The summed E-state index contributed by atoms with van der Waals surface area (Å²) in [5.41, 5.74) is 13.5. The highest BCUT2D eigenvalue weighted by atomic mass is 16.3. The van der Waals surface area contributed by atoms with Gasteiger partial charge >= 0.3 is 0 Å². The fourth-order valence-corrected chi connectivity index (χ4v) is 10.8. The van der Waals surface area contributed by atoms with Gasteiger partial charge < -0.3 is 8.83 Å². The van der Waals surface area contributed by atoms with Crippen LogP contribution in [0.5, 0.6) is 0 Å². The molecule has 0 spiro atoms. The standard InChI is InChI=1S/C60H32N10O2/c1-3-15-45-35(9-1)37-19-17-33(49-21-23-51(71-49)43-31-65-57-39-11-5-25-61-53(39)55-41(59(57)67-43)13-7-27-63-55)29-47(37)69(45)70-46-16-4-2-10-36(46)38-20-18-34(30-48(38)70)50-22-24-52(72-50)44-32-66-58-40-12-6-26-62-54(40)56-42(60(58)68-44)14-8-28-64-56/h1-32H. The molecule has 334 valence electrons. The second-order valence-corrected chi connectivity index (χ2v) is 18.0. The maximum atomic E-state index is 6.68. The SMILES string of the molecule is c1cnc2c(c1)c1ncc(-c3ccc(-c4ccc5c6ccccc6n(-n6c7ccccc7c7ccc(-c8ccc(-c9cnc%10c%11cccnc%11c%11ncccc%11c%10n9)o8)cc76)c5c4)o3)nc1c1cccnc12. The van der Waals surface area contributed by atoms with E-state index in [1.807, 2.05) is 72.8 Å². The molecule has 0 radical (unpaired) electrons. The van der Waals surface area contributed by atoms with Crippen molar-refractivity contribution in [3.05, 3.63) is 195 Å². The first-order valence-electron chi connectivity index (χ1n) is 23.5. The molecule has 72 heavy (non-hydrogen) atoms. The van der Waals surface area contributed by atoms with Crippen LogP contribution in [0.1, 0.15) is 0 Å². The third-order valence-corrected chi connectivity index (χ3v) is 14.0. The third-order valence-electron chi connectivity index (χ3n) is 14.0. The number of aromatic nitrogens is 10. The molecule has 10 aromatic heterocycles. The molecular weight excluding hydrogens is 893 g/mol. The molecule has 0 N–H and O–H groups in total. The summed E-state index contributed by atoms with van der Waals surface area (Å²) in [5, 5.41) is 8.09. The number of para-hydroxylation sites is 2. The predicted molar refractivity (Wildman–Crippen MR) is 283 cm³/mol. The summed E-state index contributed by atoms with van der Waals surface area (Å²) in [7, 11) is 0. The minimum Gasteiger partial charge on any atom is -0.454 e. The summed E-state index contributed by atoms with van der Waals surface area (Å²) in [4.78, 5) is 38.8. The minimum absolute atomic E-state index is 0.615. The average molecular weight is 925 g/mol. The quantitative estimate of drug-likeness (QED) is 0.153. The Hall–Kier alpha value is -10.2. The molecule has 16 rings (SSSR count). The molecule has 0 saturated carbocycles. The van der Waals surface area contributed by atoms with Gasteiger partial charge in [0.25, 0.3) is 0 Å². The summed E-state index contributed by atoms with van der Waals surface area (Å²) in [6.45, 7) is 0. The highest BCUT2D eigenvalue weighted by Gasteiger charge is 2.22. The second-order valence-electron chi connectivity index (χ2n) is 18.0. The van der Waals surface area contributed by atoms with Gasteiger partial charge in [-0.3, -0.25) is 29.9 Å². The molecule has 12 heteroatoms. The molecule has 0 amide bonds. The lowest BCUT2D eigenvalue weighted by Gasteiger charge is -2.14. The van der Waals surface area contributed by atoms with E-state index in [1.54, 1.807) is 37.2 Å². The first kappa shape index (κ1) is 38.7. The number of pyridine rings is 4. The zero-order valence-electron chi connectivity index (χ0n) is 37.8. The number of furan rings is 2. The van der Waals surface area contributed by atoms with Crippen LogP contribution < -0.4 is 0 Å². The zero-order chi connectivity index (χ0) is 47.0. The number of hydrogen-bond donors (Lipinski definition) is 0. The van der Waals surface area contributed by atoms with Gasteiger partial charge in [0, 0.05) is 79.0 Å². The van der Waals surface area contributed by atoms with Crippen molar-refractivity contribution in [2.45, 2.75) is 0 Å². The van der Waals surface area contributed by atoms with Crippen LogP contribution in [0.15, 0.2) is 204 Å². The Morgan fingerprint density at radius 1 is 0.278 bits per heavy atom. The largest absolute Gasteiger partial charge is 0.454 e. The van der Waals surface area contributed by atoms with E-state index in [2.05, 4.69) is 114 Å². The Morgan fingerprint density at radius 2 is 0.625 bits per heavy atom. The van der Waals surface area contributed by atoms with E-state index < -0.39 is 0 Å². The van der Waals surface area contributed by atoms with Gasteiger partial charge in [0.2, 0.25) is 0 Å². The molecule has 0 aliphatic heterocycles. The molecule has 0 bridgehead atoms. The second kappa shape index (κ2) is 14.7. The van der Waals surface area contributed by atoms with E-state index in [9.17, 15) is 0 Å². The number of fused-ring (bicyclic) bond motifs is 18. The summed E-state index contributed by atoms with van der Waals surface area (Å²) >= 11 is 0. The molecule has 12 nitrogen and oxygen atoms in total. The molecule has 6 aromatic carbocycles. The number of benzene rings is 6. The Kier molecular flexibility index (Phi) is 7.88. The van der Waals surface area contributed by atoms with Crippen molar-refractivity contribution in [1.82, 2.24) is 49.2 Å². The normalized spacial score (nSPS) is 12.2. The van der Waals surface area contributed by atoms with E-state index in [4.69, 9.17) is 28.8 Å². The molecule has 0 aliphatic carbocycles. The Balaban J connectivity index is 0.828. The average Bonchev–Trinajstić information content (AvgIpc) is 4.28. The Morgan fingerprint density at radius 3 is 1.06 bits per heavy atom. The fraction of sp³-hybridized carbons (Fsp3) is 0. The van der Waals surface area contributed by atoms with Gasteiger partial charge in [-0.05, 0) is 97.1 Å². The highest BCUT2D eigenvalue weighted by Crippen LogP contribution is 2.41. The first-order valence-corrected chi connectivity index (χ1v) is 23.5. The van der Waals surface area contributed by atoms with Gasteiger partial charge in [-0.25, -0.2) is 19.3 Å². The lowest BCUT2D eigenvalue weighted by atomic mass is 10.1. The number of rotatable bonds is 5. The maximum absolute atomic E-state index is 6.68. The van der Waals surface area contributed by atoms with Gasteiger partial charge in [0.15, 0.2) is 11.5 Å². The summed E-state index contributed by atoms with van der Waals surface area (Å²) in [6.07, 6.45) is 10.7. The van der Waals surface area contributed by atoms with Crippen molar-refractivity contribution in [2.75, 3.05) is 0 Å². The van der Waals surface area contributed by atoms with Crippen molar-refractivity contribution >= 4 is 109 Å². The fourth-order valence-electron chi connectivity index (χ4n) is 10.8. The van der Waals surface area contributed by atoms with Crippen molar-refractivity contribution in [3.63, 3.8) is 0 Å². The molecule has 0 atom stereocenters. The molecular formula is C60H32N10O2. The third kappa shape index (κ3) is 5.50. The van der Waals surface area contributed by atoms with Crippen LogP contribution in [0.25, 0.3) is 155 Å². The van der Waals surface area contributed by atoms with Gasteiger partial charge in [-0.1, -0.05) is 60.7 Å². The van der Waals surface area contributed by atoms with Crippen molar-refractivity contribution in [2.24, 2.45) is 0 Å². The van der Waals surface area contributed by atoms with E-state index in [0.717, 1.165) is 120 Å². The van der Waals surface area contributed by atoms with Gasteiger partial charge in [-0.15, -0.1) is 0 Å². The van der Waals surface area contributed by atoms with Crippen LogP contribution in [0.3, 0.4) is 0 Å². The number of hydrogen-bond acceptors (Lipinski definition) is 10. The summed E-state index contributed by atoms with van der Waals surface area (Å²) in [5.74, 6) is 2.65. The molecule has 16 aromatic rings. The van der Waals surface area contributed by atoms with Crippen molar-refractivity contribution in [3.8, 4) is 45.6 Å². The van der Waals surface area contributed by atoms with Crippen molar-refractivity contribution < 1.29 is 8.83 Å². The first-order chi connectivity index (χ1) is 35.7. The van der Waals surface area contributed by atoms with Crippen LogP contribution >= 0.6 is 0 Å². The van der Waals surface area contributed by atoms with E-state index in [1.165, 1.54) is 0 Å². The maximum Gasteiger partial charge on any atom is 0.154 e. The highest BCUT2D eigenvalue weighted by molar-refractivity contribution is 6.22. The molecule has 0 saturated heterocycles. The number of nitrogens with zero attached hydrogens (tertiary/aromatic N) is 10. The molecule has 10 heterocycles. The van der Waals surface area contributed by atoms with E-state index in [0.29, 0.717) is 34.4 Å². The van der Waals surface area contributed by atoms with Crippen LogP contribution in [-0.4, -0.2) is 49.2 Å². The monoisotopic (exact) mass is 924 g/mol. The molecule has 0 aliphatic rings. The van der Waals surface area contributed by atoms with Crippen LogP contribution in [0.2, 0.25) is 0 Å². The smallest absolute Gasteiger partial charge is 0.154 e. The Labute approximate surface area is 406 Å². The van der Waals surface area contributed by atoms with Gasteiger partial charge in [-0.2, -0.15) is 0 Å². The van der Waals surface area contributed by atoms with Crippen LogP contribution in [-0.2, 0) is 0 Å². The van der Waals surface area contributed by atoms with Gasteiger partial charge in [0.1, 0.15) is 22.9 Å².